The summed E-state index contributed by atoms with van der Waals surface area (Å²) >= 11 is 0. The minimum atomic E-state index is -0.211. The number of hydrogen-bond donors (Lipinski definition) is 0. The van der Waals surface area contributed by atoms with Crippen LogP contribution in [0.4, 0.5) is 0 Å². The second kappa shape index (κ2) is 5.40. The Balaban J connectivity index is 0.000000174. The number of ether oxygens (including phenoxy) is 2. The molecular weight excluding hydrogens is 230 g/mol. The number of benzene rings is 1. The molecule has 3 rings (SSSR count). The van der Waals surface area contributed by atoms with Gasteiger partial charge in [-0.3, -0.25) is 4.79 Å². The third-order valence-corrected chi connectivity index (χ3v) is 2.47. The molecule has 2 heterocycles. The molecule has 0 atom stereocenters. The molecule has 0 saturated heterocycles. The first kappa shape index (κ1) is 12.2. The first-order valence-electron chi connectivity index (χ1n) is 5.78. The smallest absolute Gasteiger partial charge is 0.302 e. The highest BCUT2D eigenvalue weighted by Crippen LogP contribution is 2.29. The van der Waals surface area contributed by atoms with Crippen LogP contribution in [-0.4, -0.2) is 17.1 Å². The summed E-state index contributed by atoms with van der Waals surface area (Å²) in [6.07, 6.45) is 5.64. The number of para-hydroxylation sites is 1. The fourth-order valence-corrected chi connectivity index (χ4v) is 1.78. The van der Waals surface area contributed by atoms with Crippen LogP contribution in [-0.2, 0) is 9.53 Å². The standard InChI is InChI=1S/C10H7NO.C4H8O2/c1-2-8-4-5-11-6-7-12-9(3-1)10(8)11;1-3-6-4(2)5/h1-7H;3H2,1-2H3. The Labute approximate surface area is 105 Å². The Kier molecular flexibility index (Phi) is 3.67. The van der Waals surface area contributed by atoms with E-state index < -0.39 is 0 Å². The molecule has 1 aromatic heterocycles. The maximum atomic E-state index is 9.82. The van der Waals surface area contributed by atoms with E-state index >= 15 is 0 Å². The van der Waals surface area contributed by atoms with Gasteiger partial charge in [0.1, 0.15) is 6.26 Å². The van der Waals surface area contributed by atoms with Crippen LogP contribution in [0, 0.1) is 0 Å². The van der Waals surface area contributed by atoms with Crippen molar-refractivity contribution < 1.29 is 14.3 Å². The lowest BCUT2D eigenvalue weighted by Gasteiger charge is -2.09. The quantitative estimate of drug-likeness (QED) is 0.725. The number of aromatic nitrogens is 1. The molecule has 0 bridgehead atoms. The molecule has 0 amide bonds. The Morgan fingerprint density at radius 3 is 2.89 bits per heavy atom. The van der Waals surface area contributed by atoms with E-state index in [1.807, 2.05) is 24.5 Å². The average molecular weight is 245 g/mol. The highest BCUT2D eigenvalue weighted by molar-refractivity contribution is 5.88. The maximum Gasteiger partial charge on any atom is 0.302 e. The SMILES string of the molecule is C1=Cn2ccc3cccc(c32)O1.CCOC(C)=O. The largest absolute Gasteiger partial charge is 0.466 e. The van der Waals surface area contributed by atoms with Crippen LogP contribution in [0.5, 0.6) is 5.75 Å². The van der Waals surface area contributed by atoms with Gasteiger partial charge in [-0.2, -0.15) is 0 Å². The third kappa shape index (κ3) is 2.53. The number of nitrogens with zero attached hydrogens (tertiary/aromatic N) is 1. The van der Waals surface area contributed by atoms with Crippen molar-refractivity contribution in [2.45, 2.75) is 13.8 Å². The first-order valence-corrected chi connectivity index (χ1v) is 5.78. The second-order valence-electron chi connectivity index (χ2n) is 3.74. The van der Waals surface area contributed by atoms with E-state index in [9.17, 15) is 4.79 Å². The maximum absolute atomic E-state index is 9.82. The van der Waals surface area contributed by atoms with Gasteiger partial charge in [0.25, 0.3) is 0 Å². The normalized spacial score (nSPS) is 11.4. The molecule has 4 heteroatoms. The second-order valence-corrected chi connectivity index (χ2v) is 3.74. The molecule has 2 aromatic rings. The van der Waals surface area contributed by atoms with Gasteiger partial charge in [-0.15, -0.1) is 0 Å². The summed E-state index contributed by atoms with van der Waals surface area (Å²) in [4.78, 5) is 9.82. The predicted octanol–water partition coefficient (Wildman–Crippen LogP) is 3.03. The lowest BCUT2D eigenvalue weighted by Crippen LogP contribution is -1.95. The topological polar surface area (TPSA) is 40.5 Å². The predicted molar refractivity (Wildman–Crippen MR) is 70.2 cm³/mol. The van der Waals surface area contributed by atoms with Crippen LogP contribution < -0.4 is 4.74 Å². The van der Waals surface area contributed by atoms with E-state index in [0.29, 0.717) is 6.61 Å². The Morgan fingerprint density at radius 1 is 1.39 bits per heavy atom. The molecule has 1 aromatic carbocycles. The summed E-state index contributed by atoms with van der Waals surface area (Å²) < 4.78 is 11.8. The van der Waals surface area contributed by atoms with Gasteiger partial charge in [0.2, 0.25) is 0 Å². The van der Waals surface area contributed by atoms with Crippen molar-refractivity contribution >= 4 is 23.1 Å². The van der Waals surface area contributed by atoms with Gasteiger partial charge < -0.3 is 14.0 Å². The van der Waals surface area contributed by atoms with Crippen LogP contribution in [0.3, 0.4) is 0 Å². The molecule has 1 aliphatic heterocycles. The van der Waals surface area contributed by atoms with Gasteiger partial charge in [0, 0.05) is 24.7 Å². The Hall–Kier alpha value is -2.23. The molecule has 0 unspecified atom stereocenters. The van der Waals surface area contributed by atoms with Gasteiger partial charge >= 0.3 is 5.97 Å². The van der Waals surface area contributed by atoms with Crippen molar-refractivity contribution in [1.29, 1.82) is 0 Å². The van der Waals surface area contributed by atoms with Gasteiger partial charge in [-0.25, -0.2) is 0 Å². The summed E-state index contributed by atoms with van der Waals surface area (Å²) in [6.45, 7) is 3.65. The lowest BCUT2D eigenvalue weighted by molar-refractivity contribution is -0.140. The van der Waals surface area contributed by atoms with Crippen molar-refractivity contribution in [3.63, 3.8) is 0 Å². The molecule has 94 valence electrons. The summed E-state index contributed by atoms with van der Waals surface area (Å²) in [7, 11) is 0. The molecule has 0 fully saturated rings. The molecular formula is C14H15NO3. The lowest BCUT2D eigenvalue weighted by atomic mass is 10.2. The van der Waals surface area contributed by atoms with Crippen LogP contribution in [0.15, 0.2) is 36.7 Å². The highest BCUT2D eigenvalue weighted by atomic mass is 16.5. The molecule has 0 radical (unpaired) electrons. The van der Waals surface area contributed by atoms with E-state index in [2.05, 4.69) is 21.4 Å². The summed E-state index contributed by atoms with van der Waals surface area (Å²) in [5, 5.41) is 1.22. The zero-order valence-corrected chi connectivity index (χ0v) is 10.4. The summed E-state index contributed by atoms with van der Waals surface area (Å²) in [5.41, 5.74) is 1.15. The van der Waals surface area contributed by atoms with Gasteiger partial charge in [0.15, 0.2) is 5.75 Å². The van der Waals surface area contributed by atoms with Crippen LogP contribution in [0.1, 0.15) is 13.8 Å². The van der Waals surface area contributed by atoms with E-state index in [-0.39, 0.29) is 5.97 Å². The molecule has 1 aliphatic rings. The van der Waals surface area contributed by atoms with Crippen molar-refractivity contribution in [3.8, 4) is 5.75 Å². The highest BCUT2D eigenvalue weighted by Gasteiger charge is 2.07. The minimum Gasteiger partial charge on any atom is -0.466 e. The van der Waals surface area contributed by atoms with Gasteiger partial charge in [0.05, 0.1) is 12.1 Å². The fraction of sp³-hybridized carbons (Fsp3) is 0.214. The van der Waals surface area contributed by atoms with Gasteiger partial charge in [-0.1, -0.05) is 12.1 Å². The fourth-order valence-electron chi connectivity index (χ4n) is 1.78. The number of rotatable bonds is 1. The molecule has 4 nitrogen and oxygen atoms in total. The van der Waals surface area contributed by atoms with Crippen LogP contribution >= 0.6 is 0 Å². The van der Waals surface area contributed by atoms with Crippen molar-refractivity contribution in [2.24, 2.45) is 0 Å². The monoisotopic (exact) mass is 245 g/mol. The van der Waals surface area contributed by atoms with E-state index in [1.165, 1.54) is 12.3 Å². The number of carbonyl (C=O) groups excluding carboxylic acids is 1. The number of hydrogen-bond acceptors (Lipinski definition) is 3. The summed E-state index contributed by atoms with van der Waals surface area (Å²) in [5.74, 6) is 0.720. The van der Waals surface area contributed by atoms with E-state index in [1.54, 1.807) is 13.2 Å². The molecule has 0 spiro atoms. The molecule has 18 heavy (non-hydrogen) atoms. The zero-order valence-electron chi connectivity index (χ0n) is 10.4. The summed E-state index contributed by atoms with van der Waals surface area (Å²) in [6, 6.07) is 8.14. The van der Waals surface area contributed by atoms with E-state index in [0.717, 1.165) is 11.3 Å². The average Bonchev–Trinajstić information content (AvgIpc) is 2.76. The van der Waals surface area contributed by atoms with Crippen molar-refractivity contribution in [3.05, 3.63) is 36.7 Å². The minimum absolute atomic E-state index is 0.211. The molecule has 0 aliphatic carbocycles. The van der Waals surface area contributed by atoms with Gasteiger partial charge in [-0.05, 0) is 19.1 Å². The first-order chi connectivity index (χ1) is 8.72. The van der Waals surface area contributed by atoms with Crippen molar-refractivity contribution in [1.82, 2.24) is 4.57 Å². The zero-order chi connectivity index (χ0) is 13.0. The number of esters is 1. The molecule has 0 N–H and O–H groups in total. The number of carbonyl (C=O) groups is 1. The Morgan fingerprint density at radius 2 is 2.22 bits per heavy atom. The van der Waals surface area contributed by atoms with Crippen LogP contribution in [0.2, 0.25) is 0 Å². The van der Waals surface area contributed by atoms with Crippen molar-refractivity contribution in [2.75, 3.05) is 6.61 Å². The van der Waals surface area contributed by atoms with Crippen LogP contribution in [0.25, 0.3) is 17.1 Å². The van der Waals surface area contributed by atoms with E-state index in [4.69, 9.17) is 4.74 Å². The third-order valence-electron chi connectivity index (χ3n) is 2.47. The Bertz CT molecular complexity index is 584. The molecule has 0 saturated carbocycles.